The quantitative estimate of drug-likeness (QED) is 0.213. The molecular formula is C38H20N2S2. The van der Waals surface area contributed by atoms with Crippen molar-refractivity contribution in [3.05, 3.63) is 132 Å². The van der Waals surface area contributed by atoms with Crippen LogP contribution in [0.3, 0.4) is 0 Å². The number of hydrogen-bond acceptors (Lipinski definition) is 4. The van der Waals surface area contributed by atoms with Crippen molar-refractivity contribution in [2.75, 3.05) is 0 Å². The fraction of sp³-hybridized carbons (Fsp3) is 0. The van der Waals surface area contributed by atoms with Gasteiger partial charge in [-0.05, 0) is 82.4 Å². The predicted molar refractivity (Wildman–Crippen MR) is 178 cm³/mol. The highest BCUT2D eigenvalue weighted by molar-refractivity contribution is 7.26. The Kier molecular flexibility index (Phi) is 5.66. The number of benzene rings is 6. The molecule has 0 aliphatic carbocycles. The van der Waals surface area contributed by atoms with Crippen LogP contribution >= 0.6 is 22.7 Å². The summed E-state index contributed by atoms with van der Waals surface area (Å²) in [4.78, 5) is 0. The van der Waals surface area contributed by atoms with Gasteiger partial charge in [0, 0.05) is 45.9 Å². The van der Waals surface area contributed by atoms with Crippen LogP contribution < -0.4 is 0 Å². The molecule has 0 fully saturated rings. The summed E-state index contributed by atoms with van der Waals surface area (Å²) >= 11 is 3.61. The fourth-order valence-electron chi connectivity index (χ4n) is 6.16. The van der Waals surface area contributed by atoms with Crippen LogP contribution in [0.2, 0.25) is 0 Å². The molecular weight excluding hydrogens is 549 g/mol. The topological polar surface area (TPSA) is 47.6 Å². The van der Waals surface area contributed by atoms with Crippen molar-refractivity contribution in [3.63, 3.8) is 0 Å². The van der Waals surface area contributed by atoms with Crippen LogP contribution in [0, 0.1) is 22.7 Å². The lowest BCUT2D eigenvalue weighted by Gasteiger charge is -2.15. The predicted octanol–water partition coefficient (Wildman–Crippen LogP) is 11.2. The molecule has 8 aromatic rings. The lowest BCUT2D eigenvalue weighted by Crippen LogP contribution is -1.92. The lowest BCUT2D eigenvalue weighted by molar-refractivity contribution is 1.44. The van der Waals surface area contributed by atoms with Gasteiger partial charge in [0.1, 0.15) is 0 Å². The first-order valence-corrected chi connectivity index (χ1v) is 15.3. The lowest BCUT2D eigenvalue weighted by atomic mass is 9.88. The summed E-state index contributed by atoms with van der Waals surface area (Å²) < 4.78 is 4.99. The van der Waals surface area contributed by atoms with E-state index in [2.05, 4.69) is 115 Å². The molecule has 0 radical (unpaired) electrons. The number of nitrogens with zero attached hydrogens (tertiary/aromatic N) is 2. The third kappa shape index (κ3) is 3.75. The third-order valence-corrected chi connectivity index (χ3v) is 10.2. The third-order valence-electron chi connectivity index (χ3n) is 7.95. The summed E-state index contributed by atoms with van der Waals surface area (Å²) in [5.41, 5.74) is 6.94. The van der Waals surface area contributed by atoms with E-state index in [4.69, 9.17) is 0 Å². The van der Waals surface area contributed by atoms with E-state index in [1.807, 2.05) is 0 Å². The van der Waals surface area contributed by atoms with Gasteiger partial charge in [-0.3, -0.25) is 0 Å². The molecule has 4 heteroatoms. The standard InChI is InChI=1S/C38H20N2S2/c39-21-23-8-5-9-24(22-40)36(23)27-19-25(28-12-6-16-34-37(28)30-10-1-3-14-32(30)41-34)18-26(20-27)29-13-7-17-35-38(29)31-11-2-4-15-33(31)42-35/h1-20H. The summed E-state index contributed by atoms with van der Waals surface area (Å²) in [6.07, 6.45) is 0. The minimum absolute atomic E-state index is 0.496. The van der Waals surface area contributed by atoms with Crippen molar-refractivity contribution >= 4 is 63.0 Å². The van der Waals surface area contributed by atoms with E-state index >= 15 is 0 Å². The van der Waals surface area contributed by atoms with Crippen LogP contribution in [-0.2, 0) is 0 Å². The zero-order valence-electron chi connectivity index (χ0n) is 22.3. The van der Waals surface area contributed by atoms with Crippen molar-refractivity contribution in [2.24, 2.45) is 0 Å². The van der Waals surface area contributed by atoms with Gasteiger partial charge < -0.3 is 0 Å². The van der Waals surface area contributed by atoms with Gasteiger partial charge in [-0.25, -0.2) is 0 Å². The molecule has 42 heavy (non-hydrogen) atoms. The summed E-state index contributed by atoms with van der Waals surface area (Å²) in [5.74, 6) is 0. The second-order valence-corrected chi connectivity index (χ2v) is 12.5. The smallest absolute Gasteiger partial charge is 0.0998 e. The summed E-state index contributed by atoms with van der Waals surface area (Å²) in [7, 11) is 0. The maximum absolute atomic E-state index is 10.1. The van der Waals surface area contributed by atoms with Crippen molar-refractivity contribution in [3.8, 4) is 45.5 Å². The van der Waals surface area contributed by atoms with Gasteiger partial charge in [0.25, 0.3) is 0 Å². The van der Waals surface area contributed by atoms with Crippen LogP contribution in [-0.4, -0.2) is 0 Å². The van der Waals surface area contributed by atoms with Gasteiger partial charge in [0.15, 0.2) is 0 Å². The molecule has 0 saturated carbocycles. The van der Waals surface area contributed by atoms with Gasteiger partial charge in [0.2, 0.25) is 0 Å². The van der Waals surface area contributed by atoms with Crippen molar-refractivity contribution in [1.29, 1.82) is 10.5 Å². The molecule has 0 amide bonds. The first-order valence-electron chi connectivity index (χ1n) is 13.6. The van der Waals surface area contributed by atoms with Crippen LogP contribution in [0.1, 0.15) is 11.1 Å². The van der Waals surface area contributed by atoms with Crippen LogP contribution in [0.5, 0.6) is 0 Å². The van der Waals surface area contributed by atoms with Gasteiger partial charge in [-0.15, -0.1) is 22.7 Å². The van der Waals surface area contributed by atoms with Crippen molar-refractivity contribution in [2.45, 2.75) is 0 Å². The molecule has 0 unspecified atom stereocenters. The second-order valence-electron chi connectivity index (χ2n) is 10.3. The molecule has 0 aliphatic heterocycles. The van der Waals surface area contributed by atoms with Crippen LogP contribution in [0.15, 0.2) is 121 Å². The van der Waals surface area contributed by atoms with Crippen LogP contribution in [0.4, 0.5) is 0 Å². The Morgan fingerprint density at radius 3 is 1.36 bits per heavy atom. The van der Waals surface area contributed by atoms with E-state index in [1.165, 1.54) is 40.3 Å². The molecule has 8 rings (SSSR count). The number of nitriles is 2. The SMILES string of the molecule is N#Cc1cccc(C#N)c1-c1cc(-c2cccc3sc4ccccc4c23)cc(-c2cccc3sc4ccccc4c23)c1. The monoisotopic (exact) mass is 568 g/mol. The summed E-state index contributed by atoms with van der Waals surface area (Å²) in [6, 6.07) is 46.7. The van der Waals surface area contributed by atoms with Gasteiger partial charge >= 0.3 is 0 Å². The highest BCUT2D eigenvalue weighted by Crippen LogP contribution is 2.45. The average Bonchev–Trinajstić information content (AvgIpc) is 3.62. The van der Waals surface area contributed by atoms with Crippen molar-refractivity contribution < 1.29 is 0 Å². The first kappa shape index (κ1) is 24.5. The first-order chi connectivity index (χ1) is 20.7. The zero-order chi connectivity index (χ0) is 28.2. The largest absolute Gasteiger partial charge is 0.192 e. The maximum Gasteiger partial charge on any atom is 0.0998 e. The number of fused-ring (bicyclic) bond motifs is 6. The molecule has 2 heterocycles. The van der Waals surface area contributed by atoms with E-state index in [-0.39, 0.29) is 0 Å². The Labute approximate surface area is 250 Å². The molecule has 6 aromatic carbocycles. The highest BCUT2D eigenvalue weighted by Gasteiger charge is 2.18. The van der Waals surface area contributed by atoms with E-state index in [0.717, 1.165) is 27.8 Å². The van der Waals surface area contributed by atoms with Gasteiger partial charge in [-0.1, -0.05) is 66.7 Å². The molecule has 0 N–H and O–H groups in total. The molecule has 0 bridgehead atoms. The highest BCUT2D eigenvalue weighted by atomic mass is 32.1. The normalized spacial score (nSPS) is 11.3. The summed E-state index contributed by atoms with van der Waals surface area (Å²) in [6.45, 7) is 0. The minimum Gasteiger partial charge on any atom is -0.192 e. The Hall–Kier alpha value is -5.26. The Morgan fingerprint density at radius 1 is 0.429 bits per heavy atom. The second kappa shape index (κ2) is 9.68. The molecule has 2 nitrogen and oxygen atoms in total. The minimum atomic E-state index is 0.496. The molecule has 2 aromatic heterocycles. The maximum atomic E-state index is 10.1. The van der Waals surface area contributed by atoms with Gasteiger partial charge in [0.05, 0.1) is 23.3 Å². The molecule has 194 valence electrons. The Balaban J connectivity index is 1.50. The number of thiophene rings is 2. The number of rotatable bonds is 3. The van der Waals surface area contributed by atoms with Crippen molar-refractivity contribution in [1.82, 2.24) is 0 Å². The molecule has 0 spiro atoms. The molecule has 0 atom stereocenters. The number of hydrogen-bond donors (Lipinski definition) is 0. The van der Waals surface area contributed by atoms with E-state index in [1.54, 1.807) is 40.9 Å². The fourth-order valence-corrected chi connectivity index (χ4v) is 8.43. The van der Waals surface area contributed by atoms with Gasteiger partial charge in [-0.2, -0.15) is 10.5 Å². The van der Waals surface area contributed by atoms with E-state index in [0.29, 0.717) is 16.7 Å². The van der Waals surface area contributed by atoms with E-state index in [9.17, 15) is 10.5 Å². The average molecular weight is 569 g/mol. The van der Waals surface area contributed by atoms with Crippen LogP contribution in [0.25, 0.3) is 73.7 Å². The Morgan fingerprint density at radius 2 is 0.857 bits per heavy atom. The Bertz CT molecular complexity index is 2280. The molecule has 0 aliphatic rings. The summed E-state index contributed by atoms with van der Waals surface area (Å²) in [5, 5.41) is 25.1. The zero-order valence-corrected chi connectivity index (χ0v) is 23.9. The molecule has 0 saturated heterocycles. The van der Waals surface area contributed by atoms with E-state index < -0.39 is 0 Å².